The van der Waals surface area contributed by atoms with Crippen LogP contribution in [0.4, 0.5) is 0 Å². The van der Waals surface area contributed by atoms with Crippen molar-refractivity contribution >= 4 is 17.4 Å². The molecule has 1 saturated heterocycles. The predicted octanol–water partition coefficient (Wildman–Crippen LogP) is 5.91. The Bertz CT molecular complexity index is 1080. The number of hydrogen-bond donors (Lipinski definition) is 1. The first-order chi connectivity index (χ1) is 15.6. The van der Waals surface area contributed by atoms with Crippen molar-refractivity contribution in [2.45, 2.75) is 65.3 Å². The molecule has 0 aromatic heterocycles. The first-order valence-corrected chi connectivity index (χ1v) is 11.6. The Hall–Kier alpha value is -3.08. The summed E-state index contributed by atoms with van der Waals surface area (Å²) in [4.78, 5) is 27.9. The minimum Gasteiger partial charge on any atom is -0.507 e. The SMILES string of the molecule is CCCCCN1C(=O)C(=O)/C(=C(\O)c2ccc(OC)c(C(C)(C)C)c2)C1c1cccc(C)c1. The monoisotopic (exact) mass is 449 g/mol. The molecule has 1 aliphatic heterocycles. The third-order valence-corrected chi connectivity index (χ3v) is 6.18. The van der Waals surface area contributed by atoms with E-state index in [9.17, 15) is 14.7 Å². The van der Waals surface area contributed by atoms with Gasteiger partial charge >= 0.3 is 0 Å². The Morgan fingerprint density at radius 3 is 2.42 bits per heavy atom. The Labute approximate surface area is 197 Å². The number of nitrogens with zero attached hydrogens (tertiary/aromatic N) is 1. The summed E-state index contributed by atoms with van der Waals surface area (Å²) in [6, 6.07) is 12.6. The maximum atomic E-state index is 13.2. The summed E-state index contributed by atoms with van der Waals surface area (Å²) in [5, 5.41) is 11.4. The number of benzene rings is 2. The molecule has 1 unspecified atom stereocenters. The lowest BCUT2D eigenvalue weighted by Crippen LogP contribution is -2.30. The van der Waals surface area contributed by atoms with Crippen molar-refractivity contribution in [1.82, 2.24) is 4.90 Å². The van der Waals surface area contributed by atoms with Crippen LogP contribution >= 0.6 is 0 Å². The van der Waals surface area contributed by atoms with Gasteiger partial charge in [-0.25, -0.2) is 0 Å². The van der Waals surface area contributed by atoms with Crippen molar-refractivity contribution in [3.05, 3.63) is 70.3 Å². The van der Waals surface area contributed by atoms with Crippen LogP contribution in [0.5, 0.6) is 5.75 Å². The summed E-state index contributed by atoms with van der Waals surface area (Å²) in [5.41, 5.74) is 3.20. The second kappa shape index (κ2) is 9.82. The van der Waals surface area contributed by atoms with Crippen molar-refractivity contribution in [1.29, 1.82) is 0 Å². The molecule has 2 aromatic carbocycles. The molecule has 176 valence electrons. The number of likely N-dealkylation sites (tertiary alicyclic amines) is 1. The van der Waals surface area contributed by atoms with Gasteiger partial charge in [-0.05, 0) is 42.5 Å². The van der Waals surface area contributed by atoms with Gasteiger partial charge in [-0.1, -0.05) is 70.4 Å². The molecule has 1 aliphatic rings. The Morgan fingerprint density at radius 2 is 1.82 bits per heavy atom. The molecule has 5 heteroatoms. The smallest absolute Gasteiger partial charge is 0.295 e. The zero-order chi connectivity index (χ0) is 24.3. The van der Waals surface area contributed by atoms with Gasteiger partial charge in [0.2, 0.25) is 0 Å². The number of ketones is 1. The van der Waals surface area contributed by atoms with Crippen LogP contribution < -0.4 is 4.74 Å². The third kappa shape index (κ3) is 4.97. The number of Topliss-reactive ketones (excluding diaryl/α,β-unsaturated/α-hetero) is 1. The van der Waals surface area contributed by atoms with Crippen LogP contribution in [0.3, 0.4) is 0 Å². The average molecular weight is 450 g/mol. The van der Waals surface area contributed by atoms with Crippen LogP contribution in [-0.2, 0) is 15.0 Å². The zero-order valence-electron chi connectivity index (χ0n) is 20.6. The number of aliphatic hydroxyl groups is 1. The van der Waals surface area contributed by atoms with Gasteiger partial charge in [0.1, 0.15) is 11.5 Å². The quantitative estimate of drug-likeness (QED) is 0.247. The van der Waals surface area contributed by atoms with E-state index >= 15 is 0 Å². The third-order valence-electron chi connectivity index (χ3n) is 6.18. The summed E-state index contributed by atoms with van der Waals surface area (Å²) < 4.78 is 5.52. The van der Waals surface area contributed by atoms with Gasteiger partial charge in [0.15, 0.2) is 0 Å². The van der Waals surface area contributed by atoms with E-state index in [1.54, 1.807) is 24.1 Å². The van der Waals surface area contributed by atoms with Crippen LogP contribution in [0.2, 0.25) is 0 Å². The fraction of sp³-hybridized carbons (Fsp3) is 0.429. The number of carbonyl (C=O) groups excluding carboxylic acids is 2. The Balaban J connectivity index is 2.19. The van der Waals surface area contributed by atoms with Gasteiger partial charge in [-0.3, -0.25) is 9.59 Å². The highest BCUT2D eigenvalue weighted by molar-refractivity contribution is 6.46. The summed E-state index contributed by atoms with van der Waals surface area (Å²) in [7, 11) is 1.61. The van der Waals surface area contributed by atoms with Crippen LogP contribution in [0.15, 0.2) is 48.0 Å². The molecule has 33 heavy (non-hydrogen) atoms. The Kier molecular flexibility index (Phi) is 7.31. The van der Waals surface area contributed by atoms with Crippen molar-refractivity contribution in [3.63, 3.8) is 0 Å². The first kappa shape index (κ1) is 24.6. The highest BCUT2D eigenvalue weighted by Gasteiger charge is 2.45. The molecule has 3 rings (SSSR count). The lowest BCUT2D eigenvalue weighted by molar-refractivity contribution is -0.139. The molecule has 0 bridgehead atoms. The van der Waals surface area contributed by atoms with E-state index in [1.807, 2.05) is 37.3 Å². The highest BCUT2D eigenvalue weighted by atomic mass is 16.5. The van der Waals surface area contributed by atoms with Gasteiger partial charge in [0, 0.05) is 17.7 Å². The number of aliphatic hydroxyl groups excluding tert-OH is 1. The maximum Gasteiger partial charge on any atom is 0.295 e. The number of carbonyl (C=O) groups is 2. The second-order valence-electron chi connectivity index (χ2n) is 9.78. The number of amides is 1. The number of methoxy groups -OCH3 is 1. The van der Waals surface area contributed by atoms with E-state index in [0.29, 0.717) is 17.9 Å². The molecule has 0 aliphatic carbocycles. The normalized spacial score (nSPS) is 18.1. The van der Waals surface area contributed by atoms with Crippen molar-refractivity contribution in [2.24, 2.45) is 0 Å². The van der Waals surface area contributed by atoms with Crippen LogP contribution in [0.1, 0.15) is 75.3 Å². The van der Waals surface area contributed by atoms with Crippen molar-refractivity contribution in [2.75, 3.05) is 13.7 Å². The number of ether oxygens (including phenoxy) is 1. The molecule has 0 radical (unpaired) electrons. The van der Waals surface area contributed by atoms with E-state index in [-0.39, 0.29) is 16.7 Å². The molecule has 1 fully saturated rings. The molecule has 1 amide bonds. The van der Waals surface area contributed by atoms with E-state index in [0.717, 1.165) is 36.0 Å². The number of unbranched alkanes of at least 4 members (excludes halogenated alkanes) is 2. The molecule has 1 atom stereocenters. The fourth-order valence-corrected chi connectivity index (χ4v) is 4.43. The topological polar surface area (TPSA) is 66.8 Å². The molecular formula is C28H35NO4. The molecule has 1 N–H and O–H groups in total. The average Bonchev–Trinajstić information content (AvgIpc) is 3.02. The number of aryl methyl sites for hydroxylation is 1. The number of hydrogen-bond acceptors (Lipinski definition) is 4. The second-order valence-corrected chi connectivity index (χ2v) is 9.78. The van der Waals surface area contributed by atoms with E-state index < -0.39 is 17.7 Å². The lowest BCUT2D eigenvalue weighted by Gasteiger charge is -2.26. The molecular weight excluding hydrogens is 414 g/mol. The first-order valence-electron chi connectivity index (χ1n) is 11.6. The van der Waals surface area contributed by atoms with E-state index in [4.69, 9.17) is 4.74 Å². The molecule has 1 heterocycles. The molecule has 0 saturated carbocycles. The van der Waals surface area contributed by atoms with Gasteiger partial charge < -0.3 is 14.7 Å². The van der Waals surface area contributed by atoms with Crippen LogP contribution in [0, 0.1) is 6.92 Å². The van der Waals surface area contributed by atoms with Gasteiger partial charge in [-0.2, -0.15) is 0 Å². The summed E-state index contributed by atoms with van der Waals surface area (Å²) in [5.74, 6) is -0.618. The number of rotatable bonds is 7. The minimum absolute atomic E-state index is 0.145. The fourth-order valence-electron chi connectivity index (χ4n) is 4.43. The van der Waals surface area contributed by atoms with E-state index in [2.05, 4.69) is 27.7 Å². The largest absolute Gasteiger partial charge is 0.507 e. The highest BCUT2D eigenvalue weighted by Crippen LogP contribution is 2.41. The zero-order valence-corrected chi connectivity index (χ0v) is 20.6. The minimum atomic E-state index is -0.636. The molecule has 0 spiro atoms. The summed E-state index contributed by atoms with van der Waals surface area (Å²) in [6.07, 6.45) is 2.79. The van der Waals surface area contributed by atoms with Gasteiger partial charge in [0.05, 0.1) is 18.7 Å². The van der Waals surface area contributed by atoms with Gasteiger partial charge in [0.25, 0.3) is 11.7 Å². The van der Waals surface area contributed by atoms with Crippen LogP contribution in [0.25, 0.3) is 5.76 Å². The maximum absolute atomic E-state index is 13.2. The van der Waals surface area contributed by atoms with Crippen molar-refractivity contribution < 1.29 is 19.4 Å². The van der Waals surface area contributed by atoms with Crippen molar-refractivity contribution in [3.8, 4) is 5.75 Å². The molecule has 2 aromatic rings. The summed E-state index contributed by atoms with van der Waals surface area (Å²) in [6.45, 7) is 10.7. The Morgan fingerprint density at radius 1 is 1.09 bits per heavy atom. The van der Waals surface area contributed by atoms with Gasteiger partial charge in [-0.15, -0.1) is 0 Å². The van der Waals surface area contributed by atoms with E-state index in [1.165, 1.54) is 0 Å². The summed E-state index contributed by atoms with van der Waals surface area (Å²) >= 11 is 0. The van der Waals surface area contributed by atoms with Crippen LogP contribution in [-0.4, -0.2) is 35.4 Å². The predicted molar refractivity (Wildman–Crippen MR) is 131 cm³/mol. The standard InChI is InChI=1S/C28H35NO4/c1-7-8-9-15-29-24(19-12-10-11-18(2)16-19)23(26(31)27(29)32)25(30)20-13-14-22(33-6)21(17-20)28(3,4)5/h10-14,16-17,24,30H,7-9,15H2,1-6H3/b25-23-. The molecule has 5 nitrogen and oxygen atoms in total. The lowest BCUT2D eigenvalue weighted by atomic mass is 9.84.